The number of furan rings is 1. The van der Waals surface area contributed by atoms with E-state index in [1.807, 2.05) is 92.0 Å². The van der Waals surface area contributed by atoms with Crippen molar-refractivity contribution in [3.05, 3.63) is 150 Å². The summed E-state index contributed by atoms with van der Waals surface area (Å²) in [5, 5.41) is 3.55. The second-order valence-corrected chi connectivity index (χ2v) is 18.1. The molecule has 0 saturated carbocycles. The Morgan fingerprint density at radius 1 is 0.702 bits per heavy atom. The van der Waals surface area contributed by atoms with Crippen LogP contribution in [0.3, 0.4) is 0 Å². The van der Waals surface area contributed by atoms with Crippen LogP contribution in [0.25, 0.3) is 44.5 Å². The van der Waals surface area contributed by atoms with E-state index in [-0.39, 0.29) is 20.1 Å². The Bertz CT molecular complexity index is 2120. The molecule has 0 aliphatic rings. The first kappa shape index (κ1) is 32.8. The van der Waals surface area contributed by atoms with Gasteiger partial charge in [-0.15, -0.1) is 54.1 Å². The minimum Gasteiger partial charge on any atom is -0.501 e. The van der Waals surface area contributed by atoms with E-state index in [1.54, 1.807) is 6.20 Å². The van der Waals surface area contributed by atoms with E-state index in [2.05, 4.69) is 85.9 Å². The topological polar surface area (TPSA) is 38.9 Å². The molecule has 1 radical (unpaired) electrons. The molecule has 4 aromatic carbocycles. The molecule has 0 aliphatic heterocycles. The second-order valence-electron chi connectivity index (χ2n) is 13.0. The van der Waals surface area contributed by atoms with Gasteiger partial charge in [0.15, 0.2) is 0 Å². The van der Waals surface area contributed by atoms with E-state index < -0.39 is 14.0 Å². The number of rotatable bonds is 6. The Morgan fingerprint density at radius 2 is 1.49 bits per heavy atom. The quantitative estimate of drug-likeness (QED) is 0.124. The molecule has 1 unspecified atom stereocenters. The Hall–Kier alpha value is -4.15. The van der Waals surface area contributed by atoms with Crippen LogP contribution in [-0.2, 0) is 20.1 Å². The molecule has 0 fully saturated rings. The van der Waals surface area contributed by atoms with Crippen molar-refractivity contribution in [2.24, 2.45) is 0 Å². The van der Waals surface area contributed by atoms with Crippen molar-refractivity contribution in [2.45, 2.75) is 52.2 Å². The summed E-state index contributed by atoms with van der Waals surface area (Å²) in [6, 6.07) is 43.0. The van der Waals surface area contributed by atoms with Gasteiger partial charge in [-0.1, -0.05) is 112 Å². The van der Waals surface area contributed by atoms with E-state index in [9.17, 15) is 0 Å². The number of fused-ring (bicyclic) bond motifs is 3. The van der Waals surface area contributed by atoms with Gasteiger partial charge in [-0.3, -0.25) is 0 Å². The van der Waals surface area contributed by atoms with E-state index in [0.717, 1.165) is 55.6 Å². The SMILES string of the molecule is C[Si](C)(C)c1ccc(-c2[c-]cccc2)nc1.[2H]C(C)(c1ccccc1)c1ccnc(-c2[c-]ccc3c2oc2cc(C(C)C)ccc23)c1.[Ir]. The van der Waals surface area contributed by atoms with Gasteiger partial charge < -0.3 is 14.4 Å². The van der Waals surface area contributed by atoms with Crippen LogP contribution in [0.2, 0.25) is 19.6 Å². The van der Waals surface area contributed by atoms with Crippen LogP contribution in [0.5, 0.6) is 0 Å². The van der Waals surface area contributed by atoms with Gasteiger partial charge in [0.25, 0.3) is 0 Å². The van der Waals surface area contributed by atoms with E-state index in [0.29, 0.717) is 5.92 Å². The standard InChI is InChI=1S/C28H24NO.C14H16NSi.Ir/c1-18(2)21-12-13-23-24-10-7-11-25(28(24)30-27(23)17-21)26-16-22(14-15-29-26)19(3)20-8-5-4-6-9-20;1-16(2,3)13-9-10-14(15-11-13)12-7-5-4-6-8-12;/h4-10,12-19H,1-3H3;4-7,9-11H,1-3H3;/q2*-1;/i19D;;. The first-order valence-corrected chi connectivity index (χ1v) is 19.4. The fourth-order valence-electron chi connectivity index (χ4n) is 5.51. The first-order chi connectivity index (χ1) is 22.5. The molecule has 3 aromatic heterocycles. The van der Waals surface area contributed by atoms with Crippen molar-refractivity contribution in [3.8, 4) is 22.5 Å². The van der Waals surface area contributed by atoms with Crippen LogP contribution in [0, 0.1) is 12.1 Å². The van der Waals surface area contributed by atoms with Gasteiger partial charge in [0.2, 0.25) is 0 Å². The third kappa shape index (κ3) is 7.71. The third-order valence-electron chi connectivity index (χ3n) is 8.39. The molecule has 0 bridgehead atoms. The predicted molar refractivity (Wildman–Crippen MR) is 195 cm³/mol. The molecule has 0 amide bonds. The number of nitrogens with zero attached hydrogens (tertiary/aromatic N) is 2. The summed E-state index contributed by atoms with van der Waals surface area (Å²) in [5.74, 6) is -0.443. The largest absolute Gasteiger partial charge is 0.501 e. The van der Waals surface area contributed by atoms with Gasteiger partial charge in [0.1, 0.15) is 5.58 Å². The molecule has 0 saturated heterocycles. The first-order valence-electron chi connectivity index (χ1n) is 16.4. The smallest absolute Gasteiger partial charge is 0.121 e. The van der Waals surface area contributed by atoms with Crippen LogP contribution in [0.4, 0.5) is 0 Å². The van der Waals surface area contributed by atoms with Crippen LogP contribution >= 0.6 is 0 Å². The van der Waals surface area contributed by atoms with Crippen molar-refractivity contribution >= 4 is 35.2 Å². The second kappa shape index (κ2) is 14.7. The van der Waals surface area contributed by atoms with Crippen molar-refractivity contribution in [2.75, 3.05) is 0 Å². The molecule has 3 nitrogen and oxygen atoms in total. The van der Waals surface area contributed by atoms with Gasteiger partial charge in [0, 0.05) is 45.1 Å². The van der Waals surface area contributed by atoms with E-state index in [1.165, 1.54) is 10.8 Å². The molecular formula is C42H40IrN2OSi-2. The van der Waals surface area contributed by atoms with E-state index >= 15 is 0 Å². The minimum atomic E-state index is -1.23. The normalized spacial score (nSPS) is 13.0. The van der Waals surface area contributed by atoms with Crippen LogP contribution in [0.15, 0.2) is 126 Å². The van der Waals surface area contributed by atoms with Crippen molar-refractivity contribution < 1.29 is 25.9 Å². The predicted octanol–water partition coefficient (Wildman–Crippen LogP) is 10.8. The molecule has 0 aliphatic carbocycles. The zero-order valence-corrected chi connectivity index (χ0v) is 31.2. The zero-order chi connectivity index (χ0) is 33.2. The summed E-state index contributed by atoms with van der Waals surface area (Å²) in [4.78, 5) is 9.13. The minimum absolute atomic E-state index is 0. The number of aromatic nitrogens is 2. The number of hydrogen-bond acceptors (Lipinski definition) is 3. The fourth-order valence-corrected chi connectivity index (χ4v) is 6.55. The van der Waals surface area contributed by atoms with Crippen molar-refractivity contribution in [3.63, 3.8) is 0 Å². The molecule has 0 spiro atoms. The molecule has 5 heteroatoms. The molecule has 7 rings (SSSR count). The van der Waals surface area contributed by atoms with Crippen molar-refractivity contribution in [1.29, 1.82) is 0 Å². The number of pyridine rings is 2. The maximum atomic E-state index is 9.02. The molecule has 7 aromatic rings. The molecule has 0 N–H and O–H groups in total. The van der Waals surface area contributed by atoms with Crippen molar-refractivity contribution in [1.82, 2.24) is 9.97 Å². The van der Waals surface area contributed by atoms with Crippen LogP contribution < -0.4 is 5.19 Å². The molecular weight excluding hydrogens is 769 g/mol. The maximum Gasteiger partial charge on any atom is 0.121 e. The summed E-state index contributed by atoms with van der Waals surface area (Å²) in [6.07, 6.45) is 3.79. The van der Waals surface area contributed by atoms with Gasteiger partial charge >= 0.3 is 0 Å². The number of benzene rings is 4. The number of hydrogen-bond donors (Lipinski definition) is 0. The summed E-state index contributed by atoms with van der Waals surface area (Å²) < 4.78 is 15.3. The monoisotopic (exact) mass is 810 g/mol. The third-order valence-corrected chi connectivity index (χ3v) is 10.4. The summed E-state index contributed by atoms with van der Waals surface area (Å²) in [6.45, 7) is 13.3. The van der Waals surface area contributed by atoms with E-state index in [4.69, 9.17) is 5.79 Å². The Labute approximate surface area is 294 Å². The molecule has 3 heterocycles. The van der Waals surface area contributed by atoms with Gasteiger partial charge in [-0.2, -0.15) is 0 Å². The summed E-state index contributed by atoms with van der Waals surface area (Å²) >= 11 is 0. The molecule has 47 heavy (non-hydrogen) atoms. The van der Waals surface area contributed by atoms with Gasteiger partial charge in [-0.05, 0) is 51.3 Å². The van der Waals surface area contributed by atoms with Crippen LogP contribution in [-0.4, -0.2) is 18.0 Å². The average molecular weight is 810 g/mol. The van der Waals surface area contributed by atoms with Crippen LogP contribution in [0.1, 0.15) is 50.6 Å². The molecule has 239 valence electrons. The maximum absolute atomic E-state index is 9.02. The summed E-state index contributed by atoms with van der Waals surface area (Å²) in [5.41, 5.74) is 8.40. The van der Waals surface area contributed by atoms with Gasteiger partial charge in [0.05, 0.1) is 13.7 Å². The fraction of sp³-hybridized carbons (Fsp3) is 0.190. The van der Waals surface area contributed by atoms with Gasteiger partial charge in [-0.25, -0.2) is 0 Å². The summed E-state index contributed by atoms with van der Waals surface area (Å²) in [7, 11) is -1.23. The molecule has 1 atom stereocenters. The zero-order valence-electron chi connectivity index (χ0n) is 28.8. The Balaban J connectivity index is 0.000000224. The Kier molecular flexibility index (Phi) is 10.3. The Morgan fingerprint density at radius 3 is 2.17 bits per heavy atom. The average Bonchev–Trinajstić information content (AvgIpc) is 3.47.